The first-order valence-electron chi connectivity index (χ1n) is 43.9. The van der Waals surface area contributed by atoms with E-state index in [9.17, 15) is 63.3 Å². The zero-order valence-electron chi connectivity index (χ0n) is 73.2. The Bertz CT molecular complexity index is 5230. The number of aliphatic hydroxyl groups is 3. The van der Waals surface area contributed by atoms with E-state index in [-0.39, 0.29) is 115 Å². The van der Waals surface area contributed by atoms with Gasteiger partial charge in [-0.2, -0.15) is 5.53 Å². The fourth-order valence-corrected chi connectivity index (χ4v) is 26.0. The number of nitrogens with zero attached hydrogens (tertiary/aromatic N) is 7. The number of aromatic amines is 1. The first kappa shape index (κ1) is 91.9. The van der Waals surface area contributed by atoms with Gasteiger partial charge in [-0.15, -0.1) is 11.8 Å². The molecule has 6 amide bonds. The zero-order valence-corrected chi connectivity index (χ0v) is 75.6. The molecule has 11 aliphatic rings. The number of fused-ring (bicyclic) bond motifs is 10. The number of carbonyl (C=O) groups is 10. The largest absolute Gasteiger partial charge is 0.496 e. The summed E-state index contributed by atoms with van der Waals surface area (Å²) in [5, 5.41) is 59.3. The van der Waals surface area contributed by atoms with Gasteiger partial charge in [0.25, 0.3) is 6.47 Å². The molecule has 1 aromatic heterocycles. The Morgan fingerprint density at radius 2 is 1.68 bits per heavy atom. The molecule has 4 aromatic rings. The highest BCUT2D eigenvalue weighted by Crippen LogP contribution is 2.69. The Morgan fingerprint density at radius 3 is 2.40 bits per heavy atom. The fraction of sp³-hybridized carbons (Fsp3) is 0.567. The number of thioether (sulfide) groups is 1. The van der Waals surface area contributed by atoms with E-state index in [1.54, 1.807) is 52.1 Å². The van der Waals surface area contributed by atoms with Crippen LogP contribution >= 0.6 is 33.3 Å². The van der Waals surface area contributed by atoms with Gasteiger partial charge in [0.05, 0.1) is 64.0 Å². The predicted octanol–water partition coefficient (Wildman–Crippen LogP) is 5.15. The molecule has 34 nitrogen and oxygen atoms in total. The summed E-state index contributed by atoms with van der Waals surface area (Å²) < 4.78 is 17.9. The number of allylic oxidation sites excluding steroid dienone is 3. The van der Waals surface area contributed by atoms with E-state index in [2.05, 4.69) is 63.8 Å². The molecule has 9 aliphatic heterocycles. The molecule has 127 heavy (non-hydrogen) atoms. The van der Waals surface area contributed by atoms with Gasteiger partial charge in [-0.1, -0.05) is 84.8 Å². The minimum atomic E-state index is -2.35. The van der Waals surface area contributed by atoms with Gasteiger partial charge >= 0.3 is 6.09 Å². The Kier molecular flexibility index (Phi) is 26.5. The predicted molar refractivity (Wildman–Crippen MR) is 481 cm³/mol. The van der Waals surface area contributed by atoms with Crippen molar-refractivity contribution in [2.45, 2.75) is 188 Å². The summed E-state index contributed by atoms with van der Waals surface area (Å²) in [7, 11) is 6.34. The maximum atomic E-state index is 14.6. The van der Waals surface area contributed by atoms with Gasteiger partial charge in [0.15, 0.2) is 23.1 Å². The number of piperidine rings is 1. The van der Waals surface area contributed by atoms with Crippen molar-refractivity contribution in [2.24, 2.45) is 56.6 Å². The number of primary amides is 1. The summed E-state index contributed by atoms with van der Waals surface area (Å²) in [5.74, 6) is -4.46. The number of benzene rings is 3. The van der Waals surface area contributed by atoms with Crippen LogP contribution < -0.4 is 58.3 Å². The molecule has 15 rings (SSSR count). The van der Waals surface area contributed by atoms with E-state index < -0.39 is 116 Å². The number of ether oxygens (including phenoxy) is 3. The third-order valence-corrected chi connectivity index (χ3v) is 32.8. The Labute approximate surface area is 749 Å². The Morgan fingerprint density at radius 1 is 0.913 bits per heavy atom. The second-order valence-electron chi connectivity index (χ2n) is 36.3. The van der Waals surface area contributed by atoms with Gasteiger partial charge in [-0.05, 0) is 126 Å². The number of nitrogens with one attached hydrogen (secondary N) is 7. The van der Waals surface area contributed by atoms with Gasteiger partial charge in [0.1, 0.15) is 25.1 Å². The average molecular weight is 1810 g/mol. The Balaban J connectivity index is 0.617. The van der Waals surface area contributed by atoms with Crippen LogP contribution in [-0.4, -0.2) is 262 Å². The molecule has 0 radical (unpaired) electrons. The van der Waals surface area contributed by atoms with Crippen LogP contribution in [0.4, 0.5) is 16.2 Å². The second-order valence-corrected chi connectivity index (χ2v) is 40.3. The van der Waals surface area contributed by atoms with Crippen molar-refractivity contribution in [3.05, 3.63) is 129 Å². The number of methoxy groups -OCH3 is 1. The van der Waals surface area contributed by atoms with Crippen LogP contribution in [0.25, 0.3) is 16.5 Å². The molecule has 3 aromatic carbocycles. The van der Waals surface area contributed by atoms with Gasteiger partial charge in [-0.25, -0.2) is 9.69 Å². The molecular weight excluding hydrogens is 1690 g/mol. The minimum Gasteiger partial charge on any atom is -0.496 e. The van der Waals surface area contributed by atoms with Crippen LogP contribution in [0.5, 0.6) is 5.75 Å². The van der Waals surface area contributed by atoms with Crippen LogP contribution in [0.2, 0.25) is 0 Å². The lowest BCUT2D eigenvalue weighted by Gasteiger charge is -2.64. The summed E-state index contributed by atoms with van der Waals surface area (Å²) in [5.41, 5.74) is 24.7. The molecule has 1 spiro atoms. The number of piperazine rings is 1. The number of anilines is 2. The van der Waals surface area contributed by atoms with E-state index in [0.717, 1.165) is 55.6 Å². The number of guanidine groups is 1. The van der Waals surface area contributed by atoms with Gasteiger partial charge in [-0.3, -0.25) is 57.9 Å². The smallest absolute Gasteiger partial charge is 0.404 e. The van der Waals surface area contributed by atoms with Crippen molar-refractivity contribution in [1.82, 2.24) is 46.3 Å². The van der Waals surface area contributed by atoms with Crippen molar-refractivity contribution in [2.75, 3.05) is 113 Å². The maximum absolute atomic E-state index is 14.6. The van der Waals surface area contributed by atoms with Crippen molar-refractivity contribution in [3.8, 4) is 5.75 Å². The summed E-state index contributed by atoms with van der Waals surface area (Å²) in [6.45, 7) is 16.6. The monoisotopic (exact) mass is 1800 g/mol. The number of Topliss-reactive ketones (excluding diaryl/α,β-unsaturated/α-hetero) is 3. The number of hydrogen-bond donors (Lipinski definition) is 13. The second kappa shape index (κ2) is 36.6. The number of aliphatic imine (C=N–C) groups is 1. The highest BCUT2D eigenvalue weighted by atomic mass is 33.1. The number of hydrogen-bond acceptors (Lipinski definition) is 29. The van der Waals surface area contributed by atoms with Crippen LogP contribution in [-0.2, 0) is 74.8 Å². The van der Waals surface area contributed by atoms with Crippen molar-refractivity contribution in [3.63, 3.8) is 0 Å². The number of H-pyrrole nitrogens is 1. The summed E-state index contributed by atoms with van der Waals surface area (Å²) in [4.78, 5) is 160. The number of carbonyl (C=O) groups excluding carboxylic acids is 10. The molecule has 5 saturated heterocycles. The molecular formula is C90H117N17O17S3. The van der Waals surface area contributed by atoms with Crippen molar-refractivity contribution >= 4 is 127 Å². The molecule has 2 aliphatic carbocycles. The van der Waals surface area contributed by atoms with E-state index >= 15 is 0 Å². The first-order chi connectivity index (χ1) is 60.7. The van der Waals surface area contributed by atoms with E-state index in [1.165, 1.54) is 28.5 Å². The molecule has 1 saturated carbocycles. The van der Waals surface area contributed by atoms with Crippen molar-refractivity contribution in [1.29, 1.82) is 5.53 Å². The molecule has 6 fully saturated rings. The topological polar surface area (TPSA) is 497 Å². The third kappa shape index (κ3) is 16.3. The molecule has 10 heterocycles. The first-order valence-corrected chi connectivity index (χ1v) is 47.4. The normalized spacial score (nSPS) is 30.3. The van der Waals surface area contributed by atoms with Crippen LogP contribution in [0.15, 0.2) is 111 Å². The minimum absolute atomic E-state index is 0.00385. The van der Waals surface area contributed by atoms with E-state index in [0.29, 0.717) is 143 Å². The standard InChI is InChI=1S/C90H117N17O17S3/c1-10-86(119)38-52-39-88(46-122-47-108,74-57(42-104(41-52)45-86)56-17-12-13-18-61(56)100-74)59-35-58-63(36-65(59)121-9)103(8)81-89(58)25-30-105-29-15-24-87(11-2,80(89)105)82(117)90(81,120)76(124-102-94)49(4)53-19-21-55(22-20-53)107-68(111)37-66(79(107)116)125-32-27-96-78(115)54(34-64(109)51(6)99-77(114)48(3)16-14-26-97-83(91)92)40-98-67(110)23-31-126-127-33-28-95-70-50(5)72(112)71-69(73(70)113)60(44-123-84(93)118)85(7)75-62(101-75)43-106(71)85/h12-13,15,17-22,24,35-36,47-48,51-52,54,60,62,66,75,80-82,94-95,100-101,117,119-120H,10-11,14,16,23,25-34,37-46H2,1-9H3,(H2,93,118)(H,96,115)(H,98,110)(H,99,114)(H4,91,92,97)/b76-49-,102-94?/t48-,51-,52+,54-,60+,62-,66?,75-,80-,81+,82+,85-,86-,87+,88-,89+,90-/m0/s1. The number of aliphatic hydroxyl groups excluding tert-OH is 1. The number of aromatic nitrogens is 1. The van der Waals surface area contributed by atoms with Crippen LogP contribution in [0.3, 0.4) is 0 Å². The molecule has 682 valence electrons. The SMILES string of the molecule is CC[C@]1(O)C[C@H]2CN(Cc3c([nH]c4ccccc34)[C@@](COC=O)(c3cc4c(cc3OC)N(C)[C@H]3[C@@](O)(/C(ON=N)=C(\C)c5ccc(N6C(=O)CC(SCCNC(=O)[C@H](CNC(=O)CCSSCCNC7=C(C)C(=O)C8=C(C7=O)[C@@H](COC(N)=O)[C@@]7(C)[C@H]9N[C@H]9CN87)CC(=O)[C@H](C)NC(=O)[C@@H](C)CCCN=C(N)N)C6=O)cc5)[C@H](O)[C@]5(CC)C=CCN6CC[C@]43[C@@H]65)C2)C1. The molecule has 37 heteroatoms. The number of likely N-dealkylation sites (N-methyl/N-ethyl adjacent to an activating group) is 1. The highest BCUT2D eigenvalue weighted by molar-refractivity contribution is 8.76. The molecule has 18 atom stereocenters. The summed E-state index contributed by atoms with van der Waals surface area (Å²) in [6, 6.07) is 16.6. The summed E-state index contributed by atoms with van der Waals surface area (Å²) in [6.07, 6.45) is 4.34. The summed E-state index contributed by atoms with van der Waals surface area (Å²) >= 11 is 1.16. The Hall–Kier alpha value is -9.86. The number of nitrogens with two attached hydrogens (primary N) is 3. The number of amides is 6. The number of para-hydroxylation sites is 1. The number of ketones is 3. The lowest BCUT2D eigenvalue weighted by atomic mass is 9.47. The average Bonchev–Trinajstić information content (AvgIpc) is 1.48. The molecule has 2 unspecified atom stereocenters. The van der Waals surface area contributed by atoms with Gasteiger partial charge in [0, 0.05) is 199 Å². The van der Waals surface area contributed by atoms with Crippen LogP contribution in [0, 0.1) is 34.6 Å². The lowest BCUT2D eigenvalue weighted by molar-refractivity contribution is -0.197. The van der Waals surface area contributed by atoms with E-state index in [4.69, 9.17) is 41.8 Å². The van der Waals surface area contributed by atoms with Gasteiger partial charge < -0.3 is 92.9 Å². The number of rotatable bonds is 38. The number of imide groups is 1. The quantitative estimate of drug-likeness (QED) is 0.00224. The lowest BCUT2D eigenvalue weighted by Crippen LogP contribution is -2.79. The van der Waals surface area contributed by atoms with Gasteiger partial charge in [0.2, 0.25) is 41.1 Å². The molecule has 16 N–H and O–H groups in total. The zero-order chi connectivity index (χ0) is 90.7. The highest BCUT2D eigenvalue weighted by Gasteiger charge is 2.79. The molecule has 2 bridgehead atoms. The van der Waals surface area contributed by atoms with E-state index in [1.807, 2.05) is 74.0 Å². The third-order valence-electron chi connectivity index (χ3n) is 29.2. The van der Waals surface area contributed by atoms with Crippen LogP contribution in [0.1, 0.15) is 141 Å². The van der Waals surface area contributed by atoms with Crippen molar-refractivity contribution < 1.29 is 82.3 Å². The fourth-order valence-electron chi connectivity index (χ4n) is 23.1. The maximum Gasteiger partial charge on any atom is 0.404 e.